The Morgan fingerprint density at radius 2 is 0.868 bits per heavy atom. The number of benzene rings is 4. The first kappa shape index (κ1) is 29.6. The van der Waals surface area contributed by atoms with Crippen LogP contribution in [-0.4, -0.2) is 26.5 Å². The monoisotopic (exact) mass is 694 g/mol. The first-order valence-corrected chi connectivity index (χ1v) is 19.1. The van der Waals surface area contributed by atoms with E-state index in [1.807, 2.05) is 36.4 Å². The number of rotatable bonds is 4. The number of hydrogen-bond acceptors (Lipinski definition) is 5. The third-order valence-electron chi connectivity index (χ3n) is 12.7. The van der Waals surface area contributed by atoms with Crippen molar-refractivity contribution >= 4 is 66.4 Å². The van der Waals surface area contributed by atoms with Crippen molar-refractivity contribution in [1.29, 1.82) is 0 Å². The quantitative estimate of drug-likeness (QED) is 0.145. The van der Waals surface area contributed by atoms with Crippen LogP contribution in [0.3, 0.4) is 0 Å². The van der Waals surface area contributed by atoms with Crippen molar-refractivity contribution in [1.82, 2.24) is 19.9 Å². The zero-order valence-corrected chi connectivity index (χ0v) is 29.2. The Labute approximate surface area is 303 Å². The Morgan fingerprint density at radius 3 is 1.32 bits per heavy atom. The number of nitrogens with one attached hydrogen (secondary N) is 4. The largest absolute Gasteiger partial charge is 0.494 e. The van der Waals surface area contributed by atoms with Crippen molar-refractivity contribution < 1.29 is 4.74 Å². The van der Waals surface area contributed by atoms with Crippen molar-refractivity contribution in [3.63, 3.8) is 0 Å². The Hall–Kier alpha value is -5.96. The summed E-state index contributed by atoms with van der Waals surface area (Å²) in [6, 6.07) is 31.1. The fourth-order valence-corrected chi connectivity index (χ4v) is 10.8. The van der Waals surface area contributed by atoms with E-state index >= 15 is 0 Å². The second kappa shape index (κ2) is 11.0. The summed E-state index contributed by atoms with van der Waals surface area (Å²) in [7, 11) is 0. The van der Waals surface area contributed by atoms with Gasteiger partial charge in [0.05, 0.1) is 6.61 Å². The molecule has 9 nitrogen and oxygen atoms in total. The molecule has 4 fully saturated rings. The van der Waals surface area contributed by atoms with Gasteiger partial charge in [0.15, 0.2) is 0 Å². The van der Waals surface area contributed by atoms with Crippen LogP contribution in [0.4, 0.5) is 23.3 Å². The number of aromatic amines is 4. The van der Waals surface area contributed by atoms with Crippen LogP contribution in [0.15, 0.2) is 111 Å². The lowest BCUT2D eigenvalue weighted by Crippen LogP contribution is -2.46. The van der Waals surface area contributed by atoms with Crippen molar-refractivity contribution in [2.75, 3.05) is 6.61 Å². The molecule has 4 aromatic carbocycles. The fraction of sp³-hybridized carbons (Fsp3) is 0.273. The maximum Gasteiger partial charge on any atom is 0.142 e. The van der Waals surface area contributed by atoms with Gasteiger partial charge in [-0.2, -0.15) is 0 Å². The molecule has 13 rings (SSSR count). The van der Waals surface area contributed by atoms with Gasteiger partial charge in [-0.1, -0.05) is 72.8 Å². The summed E-state index contributed by atoms with van der Waals surface area (Å²) in [5.74, 6) is 6.61. The molecule has 0 unspecified atom stereocenters. The zero-order valence-electron chi connectivity index (χ0n) is 29.2. The Morgan fingerprint density at radius 1 is 0.472 bits per heavy atom. The van der Waals surface area contributed by atoms with E-state index in [0.717, 1.165) is 119 Å². The SMILES string of the molecule is c1ccc2c3[nH]c(c2c1)N=c1[nH]c(c2ccccc12)=Nc1[nH]c(c2ccccc12)N=c1[nH]c(c2ccc(OCCC45CC6CC(CC(C6)C4)C5)cc12)=N3. The predicted octanol–water partition coefficient (Wildman–Crippen LogP) is 8.72. The van der Waals surface area contributed by atoms with E-state index in [2.05, 4.69) is 74.5 Å². The highest BCUT2D eigenvalue weighted by atomic mass is 16.5. The molecular formula is C44H38N8O. The summed E-state index contributed by atoms with van der Waals surface area (Å²) in [6.45, 7) is 0.744. The minimum atomic E-state index is 0.482. The molecular weight excluding hydrogens is 657 g/mol. The smallest absolute Gasteiger partial charge is 0.142 e. The average molecular weight is 695 g/mol. The molecule has 1 aliphatic heterocycles. The van der Waals surface area contributed by atoms with Crippen molar-refractivity contribution in [3.8, 4) is 5.75 Å². The Balaban J connectivity index is 1.05. The Bertz CT molecular complexity index is 3010. The molecule has 0 atom stereocenters. The van der Waals surface area contributed by atoms with Gasteiger partial charge in [0.25, 0.3) is 0 Å². The Kier molecular flexibility index (Phi) is 6.16. The van der Waals surface area contributed by atoms with E-state index in [0.29, 0.717) is 10.9 Å². The molecule has 8 aromatic rings. The summed E-state index contributed by atoms with van der Waals surface area (Å²) in [4.78, 5) is 35.1. The predicted molar refractivity (Wildman–Crippen MR) is 207 cm³/mol. The van der Waals surface area contributed by atoms with Crippen LogP contribution in [-0.2, 0) is 0 Å². The summed E-state index contributed by atoms with van der Waals surface area (Å²) in [5, 5.41) is 7.86. The molecule has 4 aliphatic carbocycles. The molecule has 0 amide bonds. The van der Waals surface area contributed by atoms with Gasteiger partial charge >= 0.3 is 0 Å². The van der Waals surface area contributed by atoms with Crippen LogP contribution in [0.5, 0.6) is 5.75 Å². The summed E-state index contributed by atoms with van der Waals surface area (Å²) < 4.78 is 6.59. The maximum atomic E-state index is 6.59. The number of fused-ring (bicyclic) bond motifs is 20. The standard InChI is InChI=1S/C44H38N8O/c1-2-8-29-28(7-1)36-45-37(29)47-39-32-11-5-6-12-33(32)41(49-39)51-43-35-20-27(53-16-15-44-21-24-17-25(22-44)19-26(18-24)23-44)13-14-34(35)42(52-43)50-40-31-10-4-3-9-30(31)38(46-36)48-40/h1-14,20,24-26H,15-19,21-23H2,(H4,45,46,47,48,49,50,51,52). The second-order valence-electron chi connectivity index (χ2n) is 16.1. The van der Waals surface area contributed by atoms with E-state index in [-0.39, 0.29) is 0 Å². The minimum absolute atomic E-state index is 0.482. The maximum absolute atomic E-state index is 6.59. The number of ether oxygens (including phenoxy) is 1. The van der Waals surface area contributed by atoms with Gasteiger partial charge in [0, 0.05) is 43.1 Å². The number of hydrogen-bond donors (Lipinski definition) is 4. The lowest BCUT2D eigenvalue weighted by Gasteiger charge is -2.57. The number of H-pyrrole nitrogens is 4. The molecule has 4 aromatic heterocycles. The molecule has 4 N–H and O–H groups in total. The fourth-order valence-electron chi connectivity index (χ4n) is 10.8. The first-order valence-electron chi connectivity index (χ1n) is 19.1. The van der Waals surface area contributed by atoms with Gasteiger partial charge in [-0.3, -0.25) is 0 Å². The van der Waals surface area contributed by atoms with E-state index in [9.17, 15) is 0 Å². The molecule has 12 bridgehead atoms. The number of nitrogens with zero attached hydrogens (tertiary/aromatic N) is 4. The van der Waals surface area contributed by atoms with Crippen LogP contribution in [0, 0.1) is 23.2 Å². The first-order chi connectivity index (χ1) is 26.1. The lowest BCUT2D eigenvalue weighted by atomic mass is 9.49. The van der Waals surface area contributed by atoms with E-state index < -0.39 is 0 Å². The van der Waals surface area contributed by atoms with Gasteiger partial charge in [-0.25, -0.2) is 20.0 Å². The molecule has 0 saturated heterocycles. The molecule has 260 valence electrons. The van der Waals surface area contributed by atoms with E-state index in [1.54, 1.807) is 0 Å². The second-order valence-corrected chi connectivity index (χ2v) is 16.1. The van der Waals surface area contributed by atoms with Crippen molar-refractivity contribution in [3.05, 3.63) is 113 Å². The van der Waals surface area contributed by atoms with Crippen molar-refractivity contribution in [2.45, 2.75) is 44.9 Å². The van der Waals surface area contributed by atoms with E-state index in [4.69, 9.17) is 24.7 Å². The van der Waals surface area contributed by atoms with Crippen LogP contribution in [0.1, 0.15) is 44.9 Å². The lowest BCUT2D eigenvalue weighted by molar-refractivity contribution is -0.0622. The highest BCUT2D eigenvalue weighted by molar-refractivity contribution is 6.01. The van der Waals surface area contributed by atoms with Gasteiger partial charge in [-0.15, -0.1) is 0 Å². The van der Waals surface area contributed by atoms with E-state index in [1.165, 1.54) is 38.5 Å². The molecule has 5 aliphatic rings. The van der Waals surface area contributed by atoms with Crippen molar-refractivity contribution in [2.24, 2.45) is 43.1 Å². The normalized spacial score (nSPS) is 22.9. The van der Waals surface area contributed by atoms with Gasteiger partial charge in [-0.05, 0) is 86.3 Å². The third kappa shape index (κ3) is 4.69. The topological polar surface area (TPSA) is 122 Å². The molecule has 0 spiro atoms. The van der Waals surface area contributed by atoms with Gasteiger partial charge in [0.2, 0.25) is 0 Å². The summed E-state index contributed by atoms with van der Waals surface area (Å²) >= 11 is 0. The highest BCUT2D eigenvalue weighted by Crippen LogP contribution is 2.61. The zero-order chi connectivity index (χ0) is 34.7. The number of aromatic nitrogens is 4. The highest BCUT2D eigenvalue weighted by Gasteiger charge is 2.50. The van der Waals surface area contributed by atoms with Crippen LogP contribution < -0.4 is 26.7 Å². The molecule has 0 radical (unpaired) electrons. The van der Waals surface area contributed by atoms with Crippen LogP contribution in [0.25, 0.3) is 43.1 Å². The minimum Gasteiger partial charge on any atom is -0.494 e. The van der Waals surface area contributed by atoms with Gasteiger partial charge in [0.1, 0.15) is 51.0 Å². The average Bonchev–Trinajstić information content (AvgIpc) is 3.90. The van der Waals surface area contributed by atoms with Crippen LogP contribution in [0.2, 0.25) is 0 Å². The summed E-state index contributed by atoms with van der Waals surface area (Å²) in [6.07, 6.45) is 9.74. The third-order valence-corrected chi connectivity index (χ3v) is 12.7. The molecule has 5 heterocycles. The molecule has 9 heteroatoms. The summed E-state index contributed by atoms with van der Waals surface area (Å²) in [5.41, 5.74) is 3.38. The van der Waals surface area contributed by atoms with Crippen LogP contribution >= 0.6 is 0 Å². The molecule has 4 saturated carbocycles. The van der Waals surface area contributed by atoms with Gasteiger partial charge < -0.3 is 24.7 Å². The molecule has 53 heavy (non-hydrogen) atoms.